The molecule has 0 atom stereocenters. The molecule has 0 aromatic heterocycles. The summed E-state index contributed by atoms with van der Waals surface area (Å²) < 4.78 is 0. The number of benzene rings is 1. The molecule has 2 heteroatoms. The third-order valence-corrected chi connectivity index (χ3v) is 4.37. The van der Waals surface area contributed by atoms with Crippen molar-refractivity contribution in [2.75, 3.05) is 14.1 Å². The summed E-state index contributed by atoms with van der Waals surface area (Å²) in [4.78, 5) is 2.12. The molecule has 2 nitrogen and oxygen atoms in total. The maximum Gasteiger partial charge on any atom is 0.123 e. The topological polar surface area (TPSA) is 23.5 Å². The summed E-state index contributed by atoms with van der Waals surface area (Å²) in [6, 6.07) is 4.44. The van der Waals surface area contributed by atoms with E-state index in [2.05, 4.69) is 51.9 Å². The van der Waals surface area contributed by atoms with Crippen LogP contribution in [0.4, 0.5) is 0 Å². The molecule has 0 unspecified atom stereocenters. The first kappa shape index (κ1) is 15.4. The van der Waals surface area contributed by atoms with Crippen molar-refractivity contribution in [2.45, 2.75) is 64.3 Å². The van der Waals surface area contributed by atoms with E-state index in [4.69, 9.17) is 0 Å². The lowest BCUT2D eigenvalue weighted by Gasteiger charge is -2.25. The molecule has 0 heterocycles. The number of hydrogen-bond donors (Lipinski definition) is 1. The molecule has 2 rings (SSSR count). The second-order valence-corrected chi connectivity index (χ2v) is 7.54. The van der Waals surface area contributed by atoms with E-state index in [1.165, 1.54) is 36.8 Å². The molecule has 1 saturated carbocycles. The first-order chi connectivity index (χ1) is 9.29. The maximum atomic E-state index is 10.7. The Labute approximate surface area is 123 Å². The van der Waals surface area contributed by atoms with Gasteiger partial charge in [0.2, 0.25) is 0 Å². The summed E-state index contributed by atoms with van der Waals surface area (Å²) in [6.45, 7) is 7.54. The zero-order chi connectivity index (χ0) is 14.9. The van der Waals surface area contributed by atoms with Gasteiger partial charge in [0.05, 0.1) is 0 Å². The van der Waals surface area contributed by atoms with E-state index in [1.807, 2.05) is 0 Å². The number of rotatable bonds is 3. The third kappa shape index (κ3) is 3.35. The van der Waals surface area contributed by atoms with Crippen molar-refractivity contribution in [3.05, 3.63) is 28.8 Å². The number of aromatic hydroxyl groups is 1. The van der Waals surface area contributed by atoms with E-state index in [1.54, 1.807) is 0 Å². The van der Waals surface area contributed by atoms with Crippen molar-refractivity contribution in [1.82, 2.24) is 4.90 Å². The van der Waals surface area contributed by atoms with Crippen molar-refractivity contribution >= 4 is 0 Å². The molecule has 0 spiro atoms. The van der Waals surface area contributed by atoms with Gasteiger partial charge in [-0.05, 0) is 49.4 Å². The van der Waals surface area contributed by atoms with Crippen LogP contribution in [0.2, 0.25) is 0 Å². The van der Waals surface area contributed by atoms with E-state index < -0.39 is 0 Å². The second-order valence-electron chi connectivity index (χ2n) is 7.54. The fourth-order valence-corrected chi connectivity index (χ4v) is 3.16. The van der Waals surface area contributed by atoms with Gasteiger partial charge in [0.25, 0.3) is 0 Å². The summed E-state index contributed by atoms with van der Waals surface area (Å²) >= 11 is 0. The molecular formula is C18H29NO. The minimum Gasteiger partial charge on any atom is -0.507 e. The van der Waals surface area contributed by atoms with Crippen molar-refractivity contribution in [3.63, 3.8) is 0 Å². The summed E-state index contributed by atoms with van der Waals surface area (Å²) in [5, 5.41) is 10.7. The molecule has 1 fully saturated rings. The predicted molar refractivity (Wildman–Crippen MR) is 85.4 cm³/mol. The van der Waals surface area contributed by atoms with Crippen LogP contribution in [0.25, 0.3) is 0 Å². The fraction of sp³-hybridized carbons (Fsp3) is 0.667. The van der Waals surface area contributed by atoms with Gasteiger partial charge in [-0.1, -0.05) is 45.7 Å². The van der Waals surface area contributed by atoms with E-state index in [0.717, 1.165) is 12.1 Å². The van der Waals surface area contributed by atoms with Crippen LogP contribution >= 0.6 is 0 Å². The van der Waals surface area contributed by atoms with Crippen LogP contribution in [-0.2, 0) is 12.0 Å². The highest BCUT2D eigenvalue weighted by Gasteiger charge is 2.25. The quantitative estimate of drug-likeness (QED) is 0.883. The molecule has 1 aliphatic carbocycles. The SMILES string of the molecule is CN(C)Cc1cc(C(C)(C)C)cc(C2CCCC2)c1O. The van der Waals surface area contributed by atoms with Gasteiger partial charge in [-0.3, -0.25) is 0 Å². The van der Waals surface area contributed by atoms with Gasteiger partial charge in [-0.2, -0.15) is 0 Å². The van der Waals surface area contributed by atoms with Crippen LogP contribution < -0.4 is 0 Å². The Kier molecular flexibility index (Phi) is 4.43. The number of nitrogens with zero attached hydrogens (tertiary/aromatic N) is 1. The van der Waals surface area contributed by atoms with Gasteiger partial charge < -0.3 is 10.0 Å². The highest BCUT2D eigenvalue weighted by Crippen LogP contribution is 2.42. The maximum absolute atomic E-state index is 10.7. The minimum absolute atomic E-state index is 0.127. The van der Waals surface area contributed by atoms with E-state index in [9.17, 15) is 5.11 Å². The van der Waals surface area contributed by atoms with Gasteiger partial charge in [-0.15, -0.1) is 0 Å². The summed E-state index contributed by atoms with van der Waals surface area (Å²) in [7, 11) is 4.11. The van der Waals surface area contributed by atoms with Crippen LogP contribution in [0.5, 0.6) is 5.75 Å². The highest BCUT2D eigenvalue weighted by atomic mass is 16.3. The van der Waals surface area contributed by atoms with Crippen LogP contribution in [0.3, 0.4) is 0 Å². The van der Waals surface area contributed by atoms with Gasteiger partial charge in [0.1, 0.15) is 5.75 Å². The fourth-order valence-electron chi connectivity index (χ4n) is 3.16. The largest absolute Gasteiger partial charge is 0.507 e. The summed E-state index contributed by atoms with van der Waals surface area (Å²) in [5.41, 5.74) is 3.73. The monoisotopic (exact) mass is 275 g/mol. The second kappa shape index (κ2) is 5.77. The Morgan fingerprint density at radius 2 is 1.75 bits per heavy atom. The third-order valence-electron chi connectivity index (χ3n) is 4.37. The normalized spacial score (nSPS) is 17.1. The molecule has 0 amide bonds. The smallest absolute Gasteiger partial charge is 0.123 e. The lowest BCUT2D eigenvalue weighted by molar-refractivity contribution is 0.381. The summed E-state index contributed by atoms with van der Waals surface area (Å²) in [6.07, 6.45) is 5.05. The lowest BCUT2D eigenvalue weighted by atomic mass is 9.82. The van der Waals surface area contributed by atoms with Crippen molar-refractivity contribution in [2.24, 2.45) is 0 Å². The molecule has 0 radical (unpaired) electrons. The average Bonchev–Trinajstić information content (AvgIpc) is 2.83. The molecule has 1 aromatic rings. The molecular weight excluding hydrogens is 246 g/mol. The number of hydrogen-bond acceptors (Lipinski definition) is 2. The van der Waals surface area contributed by atoms with E-state index in [0.29, 0.717) is 11.7 Å². The van der Waals surface area contributed by atoms with Crippen molar-refractivity contribution in [3.8, 4) is 5.75 Å². The first-order valence-corrected chi connectivity index (χ1v) is 7.80. The highest BCUT2D eigenvalue weighted by molar-refractivity contribution is 5.47. The molecule has 0 saturated heterocycles. The molecule has 1 aliphatic rings. The zero-order valence-corrected chi connectivity index (χ0v) is 13.7. The Balaban J connectivity index is 2.48. The van der Waals surface area contributed by atoms with E-state index in [-0.39, 0.29) is 5.41 Å². The van der Waals surface area contributed by atoms with Crippen LogP contribution in [0.15, 0.2) is 12.1 Å². The van der Waals surface area contributed by atoms with Crippen LogP contribution in [0.1, 0.15) is 69.1 Å². The number of phenols is 1. The lowest BCUT2D eigenvalue weighted by Crippen LogP contribution is -2.16. The molecule has 20 heavy (non-hydrogen) atoms. The van der Waals surface area contributed by atoms with Crippen LogP contribution in [-0.4, -0.2) is 24.1 Å². The Morgan fingerprint density at radius 1 is 1.15 bits per heavy atom. The van der Waals surface area contributed by atoms with Gasteiger partial charge >= 0.3 is 0 Å². The van der Waals surface area contributed by atoms with E-state index >= 15 is 0 Å². The van der Waals surface area contributed by atoms with Crippen molar-refractivity contribution < 1.29 is 5.11 Å². The van der Waals surface area contributed by atoms with Gasteiger partial charge in [0.15, 0.2) is 0 Å². The number of phenolic OH excluding ortho intramolecular Hbond substituents is 1. The van der Waals surface area contributed by atoms with Gasteiger partial charge in [0, 0.05) is 12.1 Å². The molecule has 0 bridgehead atoms. The molecule has 112 valence electrons. The molecule has 1 N–H and O–H groups in total. The molecule has 1 aromatic carbocycles. The first-order valence-electron chi connectivity index (χ1n) is 7.80. The zero-order valence-electron chi connectivity index (χ0n) is 13.7. The van der Waals surface area contributed by atoms with Gasteiger partial charge in [-0.25, -0.2) is 0 Å². The Bertz CT molecular complexity index is 465. The standard InChI is InChI=1S/C18H29NO/c1-18(2,3)15-10-14(12-19(4)5)17(20)16(11-15)13-8-6-7-9-13/h10-11,13,20H,6-9,12H2,1-5H3. The summed E-state index contributed by atoms with van der Waals surface area (Å²) in [5.74, 6) is 1.09. The van der Waals surface area contributed by atoms with Crippen molar-refractivity contribution in [1.29, 1.82) is 0 Å². The minimum atomic E-state index is 0.127. The molecule has 0 aliphatic heterocycles. The Hall–Kier alpha value is -1.02. The van der Waals surface area contributed by atoms with Crippen LogP contribution in [0, 0.1) is 0 Å². The predicted octanol–water partition coefficient (Wildman–Crippen LogP) is 4.41. The Morgan fingerprint density at radius 3 is 2.25 bits per heavy atom. The average molecular weight is 275 g/mol.